The van der Waals surface area contributed by atoms with Crippen LogP contribution in [0.2, 0.25) is 0 Å². The summed E-state index contributed by atoms with van der Waals surface area (Å²) in [4.78, 5) is 29.8. The summed E-state index contributed by atoms with van der Waals surface area (Å²) in [5.41, 5.74) is 1.91. The summed E-state index contributed by atoms with van der Waals surface area (Å²) in [6, 6.07) is 13.8. The summed E-state index contributed by atoms with van der Waals surface area (Å²) in [7, 11) is 0. The molecule has 2 aromatic rings. The molecular weight excluding hydrogens is 448 g/mol. The van der Waals surface area contributed by atoms with Crippen LogP contribution in [0.4, 0.5) is 5.69 Å². The van der Waals surface area contributed by atoms with Gasteiger partial charge in [0.2, 0.25) is 11.8 Å². The fourth-order valence-corrected chi connectivity index (χ4v) is 4.88. The number of halogens is 1. The number of hydrogen-bond donors (Lipinski definition) is 0. The van der Waals surface area contributed by atoms with E-state index in [-0.39, 0.29) is 30.2 Å². The lowest BCUT2D eigenvalue weighted by Gasteiger charge is -2.28. The lowest BCUT2D eigenvalue weighted by molar-refractivity contribution is -0.136. The minimum atomic E-state index is -0.318. The maximum atomic E-state index is 13.3. The molecule has 0 N–H and O–H groups in total. The highest BCUT2D eigenvalue weighted by Crippen LogP contribution is 2.38. The molecule has 5 rings (SSSR count). The third-order valence-corrected chi connectivity index (χ3v) is 6.63. The zero-order chi connectivity index (χ0) is 20.7. The molecule has 2 saturated heterocycles. The lowest BCUT2D eigenvalue weighted by atomic mass is 10.0. The zero-order valence-electron chi connectivity index (χ0n) is 16.6. The minimum absolute atomic E-state index is 0.0237. The summed E-state index contributed by atoms with van der Waals surface area (Å²) in [6.45, 7) is 2.17. The smallest absolute Gasteiger partial charge is 0.228 e. The Balaban J connectivity index is 1.32. The second-order valence-electron chi connectivity index (χ2n) is 7.97. The maximum Gasteiger partial charge on any atom is 0.228 e. The fourth-order valence-electron chi connectivity index (χ4n) is 4.62. The van der Waals surface area contributed by atoms with Crippen LogP contribution >= 0.6 is 15.9 Å². The predicted molar refractivity (Wildman–Crippen MR) is 116 cm³/mol. The molecule has 0 aliphatic carbocycles. The van der Waals surface area contributed by atoms with Gasteiger partial charge in [-0.3, -0.25) is 9.59 Å². The fraction of sp³-hybridized carbons (Fsp3) is 0.391. The Bertz CT molecular complexity index is 978. The van der Waals surface area contributed by atoms with Crippen molar-refractivity contribution in [3.8, 4) is 11.5 Å². The molecule has 2 fully saturated rings. The molecule has 2 atom stereocenters. The van der Waals surface area contributed by atoms with E-state index in [2.05, 4.69) is 28.1 Å². The van der Waals surface area contributed by atoms with E-state index in [1.807, 2.05) is 35.2 Å². The van der Waals surface area contributed by atoms with Gasteiger partial charge >= 0.3 is 0 Å². The number of hydrogen-bond acceptors (Lipinski definition) is 4. The molecule has 156 valence electrons. The number of nitrogens with zero attached hydrogens (tertiary/aromatic N) is 2. The molecule has 0 saturated carbocycles. The number of amides is 2. The number of fused-ring (bicyclic) bond motifs is 1. The van der Waals surface area contributed by atoms with Gasteiger partial charge in [-0.2, -0.15) is 0 Å². The van der Waals surface area contributed by atoms with Crippen molar-refractivity contribution in [1.82, 2.24) is 4.90 Å². The van der Waals surface area contributed by atoms with E-state index in [0.717, 1.165) is 35.1 Å². The van der Waals surface area contributed by atoms with Crippen molar-refractivity contribution in [2.75, 3.05) is 31.2 Å². The highest BCUT2D eigenvalue weighted by atomic mass is 79.9. The van der Waals surface area contributed by atoms with Gasteiger partial charge in [-0.15, -0.1) is 0 Å². The molecule has 3 aliphatic heterocycles. The normalized spacial score (nSPS) is 23.2. The van der Waals surface area contributed by atoms with Crippen molar-refractivity contribution in [3.05, 3.63) is 52.5 Å². The second kappa shape index (κ2) is 7.95. The Labute approximate surface area is 183 Å². The SMILES string of the molecule is O=C1CC(C(=O)N2CCCC2c2ccc(Br)cc2)CN1c1ccc2c(c1)OCCO2. The molecule has 3 heterocycles. The number of likely N-dealkylation sites (tertiary alicyclic amines) is 1. The number of rotatable bonds is 3. The van der Waals surface area contributed by atoms with Crippen molar-refractivity contribution in [2.24, 2.45) is 5.92 Å². The first kappa shape index (κ1) is 19.4. The van der Waals surface area contributed by atoms with E-state index in [9.17, 15) is 9.59 Å². The number of carbonyl (C=O) groups is 2. The first-order valence-corrected chi connectivity index (χ1v) is 11.2. The van der Waals surface area contributed by atoms with E-state index >= 15 is 0 Å². The van der Waals surface area contributed by atoms with Crippen molar-refractivity contribution >= 4 is 33.4 Å². The minimum Gasteiger partial charge on any atom is -0.486 e. The van der Waals surface area contributed by atoms with Crippen LogP contribution in [-0.2, 0) is 9.59 Å². The Kier molecular flexibility index (Phi) is 5.15. The molecule has 0 aromatic heterocycles. The molecule has 3 aliphatic rings. The van der Waals surface area contributed by atoms with Gasteiger partial charge in [0.25, 0.3) is 0 Å². The molecule has 7 heteroatoms. The number of carbonyl (C=O) groups excluding carboxylic acids is 2. The van der Waals surface area contributed by atoms with Crippen LogP contribution in [0.5, 0.6) is 11.5 Å². The summed E-state index contributed by atoms with van der Waals surface area (Å²) >= 11 is 3.47. The molecular formula is C23H23BrN2O4. The zero-order valence-corrected chi connectivity index (χ0v) is 18.1. The third kappa shape index (κ3) is 3.55. The van der Waals surface area contributed by atoms with Crippen molar-refractivity contribution in [1.29, 1.82) is 0 Å². The summed E-state index contributed by atoms with van der Waals surface area (Å²) in [5, 5.41) is 0. The summed E-state index contributed by atoms with van der Waals surface area (Å²) in [6.07, 6.45) is 2.19. The van der Waals surface area contributed by atoms with E-state index in [0.29, 0.717) is 31.3 Å². The van der Waals surface area contributed by atoms with Crippen LogP contribution in [0, 0.1) is 5.92 Å². The largest absolute Gasteiger partial charge is 0.486 e. The van der Waals surface area contributed by atoms with Crippen LogP contribution in [0.1, 0.15) is 30.9 Å². The van der Waals surface area contributed by atoms with Crippen LogP contribution < -0.4 is 14.4 Å². The van der Waals surface area contributed by atoms with Gasteiger partial charge in [-0.1, -0.05) is 28.1 Å². The predicted octanol–water partition coefficient (Wildman–Crippen LogP) is 3.94. The first-order chi connectivity index (χ1) is 14.6. The van der Waals surface area contributed by atoms with Crippen LogP contribution in [0.3, 0.4) is 0 Å². The standard InChI is InChI=1S/C23H23BrN2O4/c24-17-5-3-15(4-6-17)19-2-1-9-25(19)23(28)16-12-22(27)26(14-16)18-7-8-20-21(13-18)30-11-10-29-20/h3-8,13,16,19H,1-2,9-12,14H2. The Morgan fingerprint density at radius 3 is 2.60 bits per heavy atom. The Morgan fingerprint density at radius 1 is 1.03 bits per heavy atom. The topological polar surface area (TPSA) is 59.1 Å². The molecule has 0 radical (unpaired) electrons. The van der Waals surface area contributed by atoms with Crippen LogP contribution in [0.15, 0.2) is 46.9 Å². The van der Waals surface area contributed by atoms with Gasteiger partial charge < -0.3 is 19.3 Å². The molecule has 30 heavy (non-hydrogen) atoms. The molecule has 0 spiro atoms. The van der Waals surface area contributed by atoms with Crippen LogP contribution in [0.25, 0.3) is 0 Å². The van der Waals surface area contributed by atoms with Gasteiger partial charge in [0.05, 0.1) is 12.0 Å². The van der Waals surface area contributed by atoms with E-state index in [1.54, 1.807) is 4.90 Å². The van der Waals surface area contributed by atoms with Gasteiger partial charge in [0.15, 0.2) is 11.5 Å². The van der Waals surface area contributed by atoms with Crippen molar-refractivity contribution < 1.29 is 19.1 Å². The lowest BCUT2D eigenvalue weighted by Crippen LogP contribution is -2.37. The number of ether oxygens (including phenoxy) is 2. The Morgan fingerprint density at radius 2 is 1.80 bits per heavy atom. The van der Waals surface area contributed by atoms with Crippen molar-refractivity contribution in [2.45, 2.75) is 25.3 Å². The molecule has 6 nitrogen and oxygen atoms in total. The van der Waals surface area contributed by atoms with E-state index in [1.165, 1.54) is 0 Å². The van der Waals surface area contributed by atoms with E-state index in [4.69, 9.17) is 9.47 Å². The van der Waals surface area contributed by atoms with Gasteiger partial charge in [-0.25, -0.2) is 0 Å². The van der Waals surface area contributed by atoms with Gasteiger partial charge in [-0.05, 0) is 42.7 Å². The first-order valence-electron chi connectivity index (χ1n) is 10.4. The highest BCUT2D eigenvalue weighted by Gasteiger charge is 2.40. The average molecular weight is 471 g/mol. The van der Waals surface area contributed by atoms with Gasteiger partial charge in [0.1, 0.15) is 13.2 Å². The average Bonchev–Trinajstić information content (AvgIpc) is 3.40. The maximum absolute atomic E-state index is 13.3. The molecule has 0 bridgehead atoms. The second-order valence-corrected chi connectivity index (χ2v) is 8.89. The monoisotopic (exact) mass is 470 g/mol. The number of anilines is 1. The summed E-state index contributed by atoms with van der Waals surface area (Å²) in [5.74, 6) is 1.08. The third-order valence-electron chi connectivity index (χ3n) is 6.10. The van der Waals surface area contributed by atoms with E-state index < -0.39 is 0 Å². The molecule has 2 unspecified atom stereocenters. The Hall–Kier alpha value is -2.54. The quantitative estimate of drug-likeness (QED) is 0.681. The highest BCUT2D eigenvalue weighted by molar-refractivity contribution is 9.10. The van der Waals surface area contributed by atoms with Crippen LogP contribution in [-0.4, -0.2) is 43.0 Å². The van der Waals surface area contributed by atoms with Gasteiger partial charge in [0, 0.05) is 35.7 Å². The molecule has 2 amide bonds. The van der Waals surface area contributed by atoms with Crippen molar-refractivity contribution in [3.63, 3.8) is 0 Å². The summed E-state index contributed by atoms with van der Waals surface area (Å²) < 4.78 is 12.2. The molecule has 2 aromatic carbocycles. The number of benzene rings is 2.